The molecule has 5 heteroatoms. The van der Waals surface area contributed by atoms with Gasteiger partial charge in [0.05, 0.1) is 13.7 Å². The van der Waals surface area contributed by atoms with Crippen LogP contribution in [0, 0.1) is 0 Å². The Kier molecular flexibility index (Phi) is 4.30. The number of ether oxygens (including phenoxy) is 3. The van der Waals surface area contributed by atoms with Crippen LogP contribution in [0.25, 0.3) is 0 Å². The van der Waals surface area contributed by atoms with Gasteiger partial charge in [-0.1, -0.05) is 6.58 Å². The molecule has 1 rings (SSSR count). The molecule has 0 saturated carbocycles. The van der Waals surface area contributed by atoms with Gasteiger partial charge in [-0.2, -0.15) is 0 Å². The molecule has 0 aromatic carbocycles. The van der Waals surface area contributed by atoms with Crippen molar-refractivity contribution >= 4 is 11.9 Å². The van der Waals surface area contributed by atoms with Crippen molar-refractivity contribution in [1.29, 1.82) is 0 Å². The Labute approximate surface area is 88.0 Å². The zero-order valence-corrected chi connectivity index (χ0v) is 8.65. The first kappa shape index (κ1) is 11.7. The van der Waals surface area contributed by atoms with E-state index in [-0.39, 0.29) is 30.5 Å². The molecule has 0 N–H and O–H groups in total. The summed E-state index contributed by atoms with van der Waals surface area (Å²) in [5.74, 6) is -0.844. The quantitative estimate of drug-likeness (QED) is 0.364. The lowest BCUT2D eigenvalue weighted by Crippen LogP contribution is -2.11. The molecule has 1 heterocycles. The average molecular weight is 214 g/mol. The summed E-state index contributed by atoms with van der Waals surface area (Å²) >= 11 is 0. The minimum absolute atomic E-state index is 0.0674. The molecule has 1 aliphatic heterocycles. The first-order chi connectivity index (χ1) is 7.13. The van der Waals surface area contributed by atoms with Crippen LogP contribution >= 0.6 is 0 Å². The Hall–Kier alpha value is -1.36. The van der Waals surface area contributed by atoms with E-state index in [4.69, 9.17) is 9.47 Å². The van der Waals surface area contributed by atoms with Crippen LogP contribution in [0.1, 0.15) is 12.8 Å². The van der Waals surface area contributed by atoms with Crippen molar-refractivity contribution in [3.8, 4) is 0 Å². The van der Waals surface area contributed by atoms with E-state index in [1.54, 1.807) is 0 Å². The number of epoxide rings is 1. The van der Waals surface area contributed by atoms with Crippen LogP contribution in [0.5, 0.6) is 0 Å². The molecule has 84 valence electrons. The number of carbonyl (C=O) groups is 2. The van der Waals surface area contributed by atoms with E-state index < -0.39 is 5.97 Å². The van der Waals surface area contributed by atoms with E-state index in [0.29, 0.717) is 13.2 Å². The van der Waals surface area contributed by atoms with Crippen LogP contribution in [0.4, 0.5) is 0 Å². The number of methoxy groups -OCH3 is 1. The summed E-state index contributed by atoms with van der Waals surface area (Å²) < 4.78 is 14.2. The fourth-order valence-corrected chi connectivity index (χ4v) is 0.922. The third kappa shape index (κ3) is 4.60. The average Bonchev–Trinajstić information content (AvgIpc) is 3.05. The van der Waals surface area contributed by atoms with E-state index in [1.165, 1.54) is 7.11 Å². The van der Waals surface area contributed by atoms with Crippen LogP contribution in [0.15, 0.2) is 12.2 Å². The van der Waals surface area contributed by atoms with E-state index in [1.807, 2.05) is 0 Å². The Balaban J connectivity index is 2.09. The highest BCUT2D eigenvalue weighted by Crippen LogP contribution is 2.10. The number of esters is 2. The van der Waals surface area contributed by atoms with E-state index in [2.05, 4.69) is 11.3 Å². The molecule has 0 radical (unpaired) electrons. The molecule has 1 atom stereocenters. The molecule has 1 aliphatic rings. The van der Waals surface area contributed by atoms with Crippen molar-refractivity contribution in [3.05, 3.63) is 12.2 Å². The second-order valence-electron chi connectivity index (χ2n) is 3.23. The van der Waals surface area contributed by atoms with Crippen LogP contribution in [0.3, 0.4) is 0 Å². The van der Waals surface area contributed by atoms with Crippen molar-refractivity contribution in [1.82, 2.24) is 0 Å². The van der Waals surface area contributed by atoms with Gasteiger partial charge >= 0.3 is 11.9 Å². The van der Waals surface area contributed by atoms with Gasteiger partial charge in [-0.3, -0.25) is 4.79 Å². The first-order valence-electron chi connectivity index (χ1n) is 4.66. The predicted octanol–water partition coefficient (Wildman–Crippen LogP) is 0.438. The molecular weight excluding hydrogens is 200 g/mol. The summed E-state index contributed by atoms with van der Waals surface area (Å²) in [7, 11) is 1.27. The summed E-state index contributed by atoms with van der Waals surface area (Å²) in [6, 6.07) is 0. The maximum atomic E-state index is 11.1. The monoisotopic (exact) mass is 214 g/mol. The highest BCUT2D eigenvalue weighted by molar-refractivity contribution is 5.88. The highest BCUT2D eigenvalue weighted by Gasteiger charge is 2.24. The van der Waals surface area contributed by atoms with Crippen LogP contribution in [-0.4, -0.2) is 38.4 Å². The molecule has 0 amide bonds. The highest BCUT2D eigenvalue weighted by atomic mass is 16.6. The Morgan fingerprint density at radius 3 is 2.67 bits per heavy atom. The van der Waals surface area contributed by atoms with Crippen molar-refractivity contribution in [2.45, 2.75) is 18.9 Å². The molecule has 0 spiro atoms. The fourth-order valence-electron chi connectivity index (χ4n) is 0.922. The molecule has 0 aliphatic carbocycles. The van der Waals surface area contributed by atoms with Gasteiger partial charge in [0, 0.05) is 12.0 Å². The number of hydrogen-bond acceptors (Lipinski definition) is 5. The third-order valence-electron chi connectivity index (χ3n) is 1.94. The predicted molar refractivity (Wildman–Crippen MR) is 51.1 cm³/mol. The summed E-state index contributed by atoms with van der Waals surface area (Å²) in [6.45, 7) is 4.45. The lowest BCUT2D eigenvalue weighted by Gasteiger charge is -2.03. The van der Waals surface area contributed by atoms with Gasteiger partial charge < -0.3 is 14.2 Å². The molecule has 0 bridgehead atoms. The van der Waals surface area contributed by atoms with Crippen LogP contribution in [0.2, 0.25) is 0 Å². The van der Waals surface area contributed by atoms with E-state index >= 15 is 0 Å². The summed E-state index contributed by atoms with van der Waals surface area (Å²) in [5.41, 5.74) is 0.275. The summed E-state index contributed by atoms with van der Waals surface area (Å²) in [6.07, 6.45) is 0.468. The van der Waals surface area contributed by atoms with Crippen LogP contribution < -0.4 is 0 Å². The van der Waals surface area contributed by atoms with Gasteiger partial charge in [0.15, 0.2) is 0 Å². The standard InChI is InChI=1S/C10H14O5/c1-7(10(12)13-2)3-4-9(11)15-6-8-5-14-8/h8H,1,3-6H2,2H3. The Morgan fingerprint density at radius 1 is 1.47 bits per heavy atom. The molecule has 0 aromatic heterocycles. The number of carbonyl (C=O) groups excluding carboxylic acids is 2. The molecule has 5 nitrogen and oxygen atoms in total. The second-order valence-corrected chi connectivity index (χ2v) is 3.23. The minimum atomic E-state index is -0.492. The smallest absolute Gasteiger partial charge is 0.333 e. The zero-order chi connectivity index (χ0) is 11.3. The van der Waals surface area contributed by atoms with Crippen molar-refractivity contribution in [2.75, 3.05) is 20.3 Å². The van der Waals surface area contributed by atoms with Gasteiger partial charge in [-0.05, 0) is 6.42 Å². The topological polar surface area (TPSA) is 65.1 Å². The second kappa shape index (κ2) is 5.50. The van der Waals surface area contributed by atoms with Gasteiger partial charge in [-0.25, -0.2) is 4.79 Å². The van der Waals surface area contributed by atoms with Gasteiger partial charge in [-0.15, -0.1) is 0 Å². The number of hydrogen-bond donors (Lipinski definition) is 0. The molecule has 1 unspecified atom stereocenters. The zero-order valence-electron chi connectivity index (χ0n) is 8.65. The lowest BCUT2D eigenvalue weighted by atomic mass is 10.2. The van der Waals surface area contributed by atoms with E-state index in [9.17, 15) is 9.59 Å². The van der Waals surface area contributed by atoms with Crippen molar-refractivity contribution in [3.63, 3.8) is 0 Å². The normalized spacial score (nSPS) is 18.1. The van der Waals surface area contributed by atoms with E-state index in [0.717, 1.165) is 0 Å². The molecule has 1 saturated heterocycles. The lowest BCUT2D eigenvalue weighted by molar-refractivity contribution is -0.144. The third-order valence-corrected chi connectivity index (χ3v) is 1.94. The Morgan fingerprint density at radius 2 is 2.13 bits per heavy atom. The SMILES string of the molecule is C=C(CCC(=O)OCC1CO1)C(=O)OC. The first-order valence-corrected chi connectivity index (χ1v) is 4.66. The summed E-state index contributed by atoms with van der Waals surface area (Å²) in [5, 5.41) is 0. The molecule has 1 fully saturated rings. The number of rotatable bonds is 6. The van der Waals surface area contributed by atoms with Crippen LogP contribution in [-0.2, 0) is 23.8 Å². The van der Waals surface area contributed by atoms with Gasteiger partial charge in [0.25, 0.3) is 0 Å². The Bertz CT molecular complexity index is 267. The van der Waals surface area contributed by atoms with Gasteiger partial charge in [0.2, 0.25) is 0 Å². The maximum absolute atomic E-state index is 11.1. The molecule has 0 aromatic rings. The maximum Gasteiger partial charge on any atom is 0.333 e. The minimum Gasteiger partial charge on any atom is -0.466 e. The van der Waals surface area contributed by atoms with Crippen molar-refractivity contribution < 1.29 is 23.8 Å². The van der Waals surface area contributed by atoms with Gasteiger partial charge in [0.1, 0.15) is 12.7 Å². The largest absolute Gasteiger partial charge is 0.466 e. The summed E-state index contributed by atoms with van der Waals surface area (Å²) in [4.78, 5) is 22.0. The molecule has 15 heavy (non-hydrogen) atoms. The van der Waals surface area contributed by atoms with Crippen molar-refractivity contribution in [2.24, 2.45) is 0 Å². The molecular formula is C10H14O5. The fraction of sp³-hybridized carbons (Fsp3) is 0.600.